The Morgan fingerprint density at radius 1 is 1.20 bits per heavy atom. The smallest absolute Gasteiger partial charge is 0.286 e. The van der Waals surface area contributed by atoms with Crippen molar-refractivity contribution in [2.45, 2.75) is 31.6 Å². The molecule has 2 amide bonds. The SMILES string of the molecule is C=C/C=C(\C=C/CC)Oc1ccc2nc(COc3ccc(CC4SC(=O)NC4=O)cc3)n(C)c2c1. The van der Waals surface area contributed by atoms with Crippen molar-refractivity contribution in [3.05, 3.63) is 90.5 Å². The minimum atomic E-state index is -0.380. The Kier molecular flexibility index (Phi) is 7.72. The lowest BCUT2D eigenvalue weighted by Gasteiger charge is -2.09. The molecule has 7 nitrogen and oxygen atoms in total. The molecule has 35 heavy (non-hydrogen) atoms. The molecule has 2 heterocycles. The zero-order valence-corrected chi connectivity index (χ0v) is 20.5. The number of carbonyl (C=O) groups is 2. The molecular weight excluding hydrogens is 462 g/mol. The first-order valence-corrected chi connectivity index (χ1v) is 12.2. The number of ether oxygens (including phenoxy) is 2. The first kappa shape index (κ1) is 24.3. The predicted molar refractivity (Wildman–Crippen MR) is 138 cm³/mol. The van der Waals surface area contributed by atoms with Gasteiger partial charge in [-0.3, -0.25) is 14.9 Å². The van der Waals surface area contributed by atoms with Crippen molar-refractivity contribution in [3.63, 3.8) is 0 Å². The maximum absolute atomic E-state index is 11.8. The molecule has 1 unspecified atom stereocenters. The second-order valence-electron chi connectivity index (χ2n) is 7.97. The number of thioether (sulfide) groups is 1. The number of allylic oxidation sites excluding steroid dienone is 4. The van der Waals surface area contributed by atoms with Crippen LogP contribution in [0.15, 0.2) is 79.1 Å². The predicted octanol–water partition coefficient (Wildman–Crippen LogP) is 5.46. The van der Waals surface area contributed by atoms with Crippen LogP contribution in [0.1, 0.15) is 24.7 Å². The summed E-state index contributed by atoms with van der Waals surface area (Å²) in [5.41, 5.74) is 2.76. The minimum absolute atomic E-state index is 0.235. The van der Waals surface area contributed by atoms with Gasteiger partial charge in [-0.1, -0.05) is 49.5 Å². The van der Waals surface area contributed by atoms with E-state index in [1.807, 2.05) is 72.3 Å². The number of hydrogen-bond donors (Lipinski definition) is 1. The molecule has 2 aromatic carbocycles. The Morgan fingerprint density at radius 2 is 1.97 bits per heavy atom. The number of nitrogens with one attached hydrogen (secondary N) is 1. The Hall–Kier alpha value is -3.78. The van der Waals surface area contributed by atoms with E-state index >= 15 is 0 Å². The first-order valence-electron chi connectivity index (χ1n) is 11.3. The van der Waals surface area contributed by atoms with Gasteiger partial charge in [0, 0.05) is 13.1 Å². The largest absolute Gasteiger partial charge is 0.486 e. The molecule has 1 N–H and O–H groups in total. The maximum Gasteiger partial charge on any atom is 0.286 e. The first-order chi connectivity index (χ1) is 17.0. The normalized spacial score (nSPS) is 16.2. The van der Waals surface area contributed by atoms with Crippen molar-refractivity contribution in [2.75, 3.05) is 0 Å². The van der Waals surface area contributed by atoms with Gasteiger partial charge in [0.2, 0.25) is 5.91 Å². The van der Waals surface area contributed by atoms with Crippen molar-refractivity contribution < 1.29 is 19.1 Å². The lowest BCUT2D eigenvalue weighted by molar-refractivity contribution is -0.118. The molecule has 0 spiro atoms. The van der Waals surface area contributed by atoms with Crippen molar-refractivity contribution in [2.24, 2.45) is 7.05 Å². The third-order valence-corrected chi connectivity index (χ3v) is 6.44. The average Bonchev–Trinajstić information content (AvgIpc) is 3.34. The van der Waals surface area contributed by atoms with E-state index in [-0.39, 0.29) is 16.4 Å². The number of amides is 2. The highest BCUT2D eigenvalue weighted by Gasteiger charge is 2.31. The summed E-state index contributed by atoms with van der Waals surface area (Å²) in [7, 11) is 1.95. The van der Waals surface area contributed by atoms with Gasteiger partial charge in [-0.2, -0.15) is 0 Å². The van der Waals surface area contributed by atoms with Gasteiger partial charge in [-0.05, 0) is 54.8 Å². The van der Waals surface area contributed by atoms with E-state index in [2.05, 4.69) is 18.8 Å². The number of rotatable bonds is 10. The number of carbonyl (C=O) groups excluding carboxylic acids is 2. The van der Waals surface area contributed by atoms with Crippen molar-refractivity contribution in [1.82, 2.24) is 14.9 Å². The Labute approximate surface area is 208 Å². The van der Waals surface area contributed by atoms with Crippen LogP contribution in [-0.2, 0) is 24.9 Å². The van der Waals surface area contributed by atoms with E-state index in [1.54, 1.807) is 6.08 Å². The topological polar surface area (TPSA) is 82.5 Å². The van der Waals surface area contributed by atoms with Gasteiger partial charge in [-0.15, -0.1) is 0 Å². The van der Waals surface area contributed by atoms with Gasteiger partial charge < -0.3 is 14.0 Å². The fraction of sp³-hybridized carbons (Fsp3) is 0.222. The highest BCUT2D eigenvalue weighted by atomic mass is 32.2. The zero-order valence-electron chi connectivity index (χ0n) is 19.7. The van der Waals surface area contributed by atoms with Crippen LogP contribution in [-0.4, -0.2) is 25.9 Å². The molecule has 180 valence electrons. The molecule has 1 saturated heterocycles. The van der Waals surface area contributed by atoms with Crippen LogP contribution in [0.25, 0.3) is 11.0 Å². The molecule has 3 aromatic rings. The molecule has 4 rings (SSSR count). The third kappa shape index (κ3) is 6.02. The lowest BCUT2D eigenvalue weighted by atomic mass is 10.1. The molecule has 1 aliphatic heterocycles. The highest BCUT2D eigenvalue weighted by molar-refractivity contribution is 8.15. The van der Waals surface area contributed by atoms with Crippen molar-refractivity contribution in [1.29, 1.82) is 0 Å². The van der Waals surface area contributed by atoms with E-state index in [0.717, 1.165) is 40.6 Å². The van der Waals surface area contributed by atoms with E-state index < -0.39 is 0 Å². The molecule has 1 aromatic heterocycles. The molecule has 0 saturated carbocycles. The fourth-order valence-electron chi connectivity index (χ4n) is 3.63. The lowest BCUT2D eigenvalue weighted by Crippen LogP contribution is -2.25. The second kappa shape index (κ2) is 11.1. The van der Waals surface area contributed by atoms with Crippen LogP contribution in [0.2, 0.25) is 0 Å². The number of aromatic nitrogens is 2. The average molecular weight is 490 g/mol. The second-order valence-corrected chi connectivity index (χ2v) is 9.15. The minimum Gasteiger partial charge on any atom is -0.486 e. The Balaban J connectivity index is 1.41. The van der Waals surface area contributed by atoms with Gasteiger partial charge >= 0.3 is 0 Å². The quantitative estimate of drug-likeness (QED) is 0.301. The van der Waals surface area contributed by atoms with Crippen LogP contribution < -0.4 is 14.8 Å². The fourth-order valence-corrected chi connectivity index (χ4v) is 4.49. The summed E-state index contributed by atoms with van der Waals surface area (Å²) in [4.78, 5) is 27.8. The van der Waals surface area contributed by atoms with Crippen LogP contribution in [0, 0.1) is 0 Å². The van der Waals surface area contributed by atoms with E-state index in [1.165, 1.54) is 0 Å². The molecule has 1 aliphatic rings. The van der Waals surface area contributed by atoms with Crippen LogP contribution in [0.3, 0.4) is 0 Å². The number of hydrogen-bond acceptors (Lipinski definition) is 6. The van der Waals surface area contributed by atoms with Gasteiger partial charge in [0.1, 0.15) is 29.7 Å². The summed E-state index contributed by atoms with van der Waals surface area (Å²) in [6.07, 6.45) is 8.90. The van der Waals surface area contributed by atoms with Crippen molar-refractivity contribution >= 4 is 33.9 Å². The summed E-state index contributed by atoms with van der Waals surface area (Å²) < 4.78 is 14.0. The Bertz CT molecular complexity index is 1310. The zero-order chi connectivity index (χ0) is 24.8. The molecule has 1 fully saturated rings. The standard InChI is InChI=1S/C27H27N3O4S/c1-4-6-8-20(7-5-2)34-21-13-14-22-23(16-21)30(3)25(28-22)17-33-19-11-9-18(10-12-19)15-24-26(31)29-27(32)35-24/h5-14,16,24H,2,4,15,17H2,1,3H3,(H,29,31,32)/b8-6-,20-7+. The number of aryl methyl sites for hydroxylation is 1. The number of imide groups is 1. The summed E-state index contributed by atoms with van der Waals surface area (Å²) in [6.45, 7) is 6.12. The highest BCUT2D eigenvalue weighted by Crippen LogP contribution is 2.26. The summed E-state index contributed by atoms with van der Waals surface area (Å²) >= 11 is 1.03. The van der Waals surface area contributed by atoms with Gasteiger partial charge in [0.25, 0.3) is 5.24 Å². The number of benzene rings is 2. The molecule has 1 atom stereocenters. The summed E-state index contributed by atoms with van der Waals surface area (Å²) in [6, 6.07) is 13.3. The van der Waals surface area contributed by atoms with E-state index in [9.17, 15) is 9.59 Å². The monoisotopic (exact) mass is 489 g/mol. The summed E-state index contributed by atoms with van der Waals surface area (Å²) in [5.74, 6) is 2.68. The molecule has 0 radical (unpaired) electrons. The molecule has 0 bridgehead atoms. The van der Waals surface area contributed by atoms with Crippen molar-refractivity contribution in [3.8, 4) is 11.5 Å². The number of fused-ring (bicyclic) bond motifs is 1. The van der Waals surface area contributed by atoms with Crippen LogP contribution in [0.4, 0.5) is 4.79 Å². The van der Waals surface area contributed by atoms with E-state index in [0.29, 0.717) is 30.3 Å². The van der Waals surface area contributed by atoms with Gasteiger partial charge in [0.15, 0.2) is 0 Å². The van der Waals surface area contributed by atoms with Gasteiger partial charge in [-0.25, -0.2) is 4.98 Å². The molecule has 8 heteroatoms. The molecular formula is C27H27N3O4S. The van der Waals surface area contributed by atoms with E-state index in [4.69, 9.17) is 14.5 Å². The number of nitrogens with zero attached hydrogens (tertiary/aromatic N) is 2. The van der Waals surface area contributed by atoms with Gasteiger partial charge in [0.05, 0.1) is 16.3 Å². The van der Waals surface area contributed by atoms with Crippen LogP contribution in [0.5, 0.6) is 11.5 Å². The molecule has 0 aliphatic carbocycles. The third-order valence-electron chi connectivity index (χ3n) is 5.46. The summed E-state index contributed by atoms with van der Waals surface area (Å²) in [5, 5.41) is 1.64. The number of imidazole rings is 1. The Morgan fingerprint density at radius 3 is 2.66 bits per heavy atom. The maximum atomic E-state index is 11.8. The van der Waals surface area contributed by atoms with Crippen LogP contribution >= 0.6 is 11.8 Å².